The number of aryl methyl sites for hydroxylation is 1. The van der Waals surface area contributed by atoms with Crippen molar-refractivity contribution in [3.8, 4) is 0 Å². The van der Waals surface area contributed by atoms with Crippen molar-refractivity contribution in [3.63, 3.8) is 0 Å². The number of nitro benzene ring substituents is 1. The number of hydrogen-bond donors (Lipinski definition) is 1. The molecular formula is C12H13NO4. The summed E-state index contributed by atoms with van der Waals surface area (Å²) in [6, 6.07) is 4.36. The Hall–Kier alpha value is -2.17. The van der Waals surface area contributed by atoms with Gasteiger partial charge >= 0.3 is 5.97 Å². The number of carboxylic acids is 1. The van der Waals surface area contributed by atoms with E-state index in [1.807, 2.05) is 0 Å². The van der Waals surface area contributed by atoms with Crippen LogP contribution in [-0.4, -0.2) is 16.0 Å². The van der Waals surface area contributed by atoms with E-state index >= 15 is 0 Å². The molecule has 0 aromatic heterocycles. The van der Waals surface area contributed by atoms with Gasteiger partial charge in [0.1, 0.15) is 0 Å². The van der Waals surface area contributed by atoms with Crippen molar-refractivity contribution in [2.24, 2.45) is 0 Å². The predicted octanol–water partition coefficient (Wildman–Crippen LogP) is 2.78. The highest BCUT2D eigenvalue weighted by atomic mass is 16.6. The van der Waals surface area contributed by atoms with Crippen LogP contribution in [0.3, 0.4) is 0 Å². The van der Waals surface area contributed by atoms with Gasteiger partial charge in [0, 0.05) is 17.7 Å². The van der Waals surface area contributed by atoms with Gasteiger partial charge in [-0.05, 0) is 36.6 Å². The number of nitro groups is 1. The highest BCUT2D eigenvalue weighted by Gasteiger charge is 2.09. The fraction of sp³-hybridized carbons (Fsp3) is 0.250. The van der Waals surface area contributed by atoms with E-state index in [1.54, 1.807) is 26.0 Å². The van der Waals surface area contributed by atoms with Crippen molar-refractivity contribution in [2.45, 2.75) is 20.3 Å². The maximum Gasteiger partial charge on any atom is 0.331 e. The fourth-order valence-corrected chi connectivity index (χ4v) is 1.44. The molecule has 0 spiro atoms. The molecule has 0 saturated carbocycles. The Morgan fingerprint density at radius 3 is 2.59 bits per heavy atom. The smallest absolute Gasteiger partial charge is 0.331 e. The molecule has 90 valence electrons. The average Bonchev–Trinajstić information content (AvgIpc) is 2.26. The summed E-state index contributed by atoms with van der Waals surface area (Å²) in [4.78, 5) is 20.9. The quantitative estimate of drug-likeness (QED) is 0.494. The van der Waals surface area contributed by atoms with Crippen molar-refractivity contribution < 1.29 is 14.8 Å². The summed E-state index contributed by atoms with van der Waals surface area (Å²) in [5.74, 6) is -0.967. The van der Waals surface area contributed by atoms with Crippen molar-refractivity contribution in [2.75, 3.05) is 0 Å². The summed E-state index contributed by atoms with van der Waals surface area (Å²) >= 11 is 0. The molecule has 0 saturated heterocycles. The number of carbonyl (C=O) groups is 1. The van der Waals surface area contributed by atoms with E-state index in [4.69, 9.17) is 5.11 Å². The first-order valence-electron chi connectivity index (χ1n) is 5.14. The summed E-state index contributed by atoms with van der Waals surface area (Å²) in [5, 5.41) is 19.4. The number of rotatable bonds is 4. The Labute approximate surface area is 98.5 Å². The Morgan fingerprint density at radius 2 is 2.18 bits per heavy atom. The van der Waals surface area contributed by atoms with Gasteiger partial charge in [-0.3, -0.25) is 10.1 Å². The first kappa shape index (κ1) is 12.9. The second kappa shape index (κ2) is 5.25. The summed E-state index contributed by atoms with van der Waals surface area (Å²) in [6.45, 7) is 3.47. The molecule has 0 bridgehead atoms. The van der Waals surface area contributed by atoms with Gasteiger partial charge in [0.15, 0.2) is 0 Å². The van der Waals surface area contributed by atoms with E-state index in [2.05, 4.69) is 0 Å². The summed E-state index contributed by atoms with van der Waals surface area (Å²) in [5.41, 5.74) is 1.66. The van der Waals surface area contributed by atoms with E-state index in [-0.39, 0.29) is 11.3 Å². The van der Waals surface area contributed by atoms with E-state index in [9.17, 15) is 14.9 Å². The number of aliphatic carboxylic acids is 1. The first-order chi connectivity index (χ1) is 7.95. The van der Waals surface area contributed by atoms with E-state index < -0.39 is 10.9 Å². The number of carboxylic acid groups (broad SMARTS) is 1. The van der Waals surface area contributed by atoms with Gasteiger partial charge in [-0.2, -0.15) is 0 Å². The zero-order valence-electron chi connectivity index (χ0n) is 9.64. The molecule has 17 heavy (non-hydrogen) atoms. The molecule has 0 aliphatic carbocycles. The lowest BCUT2D eigenvalue weighted by atomic mass is 10.0. The van der Waals surface area contributed by atoms with Gasteiger partial charge < -0.3 is 5.11 Å². The maximum absolute atomic E-state index is 10.8. The van der Waals surface area contributed by atoms with Gasteiger partial charge in [0.25, 0.3) is 5.69 Å². The number of hydrogen-bond acceptors (Lipinski definition) is 3. The molecule has 5 nitrogen and oxygen atoms in total. The highest BCUT2D eigenvalue weighted by Crippen LogP contribution is 2.20. The molecule has 1 aromatic rings. The van der Waals surface area contributed by atoms with Gasteiger partial charge in [-0.25, -0.2) is 4.79 Å². The zero-order chi connectivity index (χ0) is 13.0. The molecule has 0 atom stereocenters. The SMILES string of the molecule is CC/C(=C\c1ccc([N+](=O)[O-])cc1C)C(=O)O. The molecule has 5 heteroatoms. The summed E-state index contributed by atoms with van der Waals surface area (Å²) in [6.07, 6.45) is 1.95. The van der Waals surface area contributed by atoms with Crippen LogP contribution in [0.2, 0.25) is 0 Å². The Balaban J connectivity index is 3.16. The average molecular weight is 235 g/mol. The molecule has 1 aromatic carbocycles. The van der Waals surface area contributed by atoms with Crippen LogP contribution in [0.4, 0.5) is 5.69 Å². The molecule has 0 radical (unpaired) electrons. The maximum atomic E-state index is 10.8. The van der Waals surface area contributed by atoms with Crippen LogP contribution in [-0.2, 0) is 4.79 Å². The third-order valence-electron chi connectivity index (χ3n) is 2.45. The third-order valence-corrected chi connectivity index (χ3v) is 2.45. The van der Waals surface area contributed by atoms with Gasteiger partial charge in [-0.1, -0.05) is 6.92 Å². The molecule has 0 unspecified atom stereocenters. The van der Waals surface area contributed by atoms with Crippen LogP contribution in [0.5, 0.6) is 0 Å². The number of nitrogens with zero attached hydrogens (tertiary/aromatic N) is 1. The van der Waals surface area contributed by atoms with Crippen molar-refractivity contribution in [1.29, 1.82) is 0 Å². The van der Waals surface area contributed by atoms with E-state index in [1.165, 1.54) is 12.1 Å². The van der Waals surface area contributed by atoms with Crippen LogP contribution in [0.25, 0.3) is 6.08 Å². The normalized spacial score (nSPS) is 11.3. The van der Waals surface area contributed by atoms with Crippen LogP contribution >= 0.6 is 0 Å². The first-order valence-corrected chi connectivity index (χ1v) is 5.14. The van der Waals surface area contributed by atoms with Crippen LogP contribution in [0.1, 0.15) is 24.5 Å². The van der Waals surface area contributed by atoms with Crippen molar-refractivity contribution in [1.82, 2.24) is 0 Å². The standard InChI is InChI=1S/C12H13NO4/c1-3-9(12(14)15)7-10-4-5-11(13(16)17)6-8(10)2/h4-7H,3H2,1-2H3,(H,14,15)/b9-7+. The Bertz CT molecular complexity index is 491. The minimum Gasteiger partial charge on any atom is -0.478 e. The van der Waals surface area contributed by atoms with Crippen molar-refractivity contribution in [3.05, 3.63) is 45.0 Å². The second-order valence-electron chi connectivity index (χ2n) is 3.63. The zero-order valence-corrected chi connectivity index (χ0v) is 9.64. The lowest BCUT2D eigenvalue weighted by molar-refractivity contribution is -0.384. The summed E-state index contributed by atoms with van der Waals surface area (Å²) < 4.78 is 0. The topological polar surface area (TPSA) is 80.4 Å². The lowest BCUT2D eigenvalue weighted by Crippen LogP contribution is -1.99. The van der Waals surface area contributed by atoms with E-state index in [0.717, 1.165) is 0 Å². The number of benzene rings is 1. The fourth-order valence-electron chi connectivity index (χ4n) is 1.44. The van der Waals surface area contributed by atoms with Gasteiger partial charge in [0.2, 0.25) is 0 Å². The predicted molar refractivity (Wildman–Crippen MR) is 63.7 cm³/mol. The van der Waals surface area contributed by atoms with Gasteiger partial charge in [0.05, 0.1) is 4.92 Å². The van der Waals surface area contributed by atoms with Crippen LogP contribution < -0.4 is 0 Å². The molecule has 0 fully saturated rings. The van der Waals surface area contributed by atoms with Gasteiger partial charge in [-0.15, -0.1) is 0 Å². The Kier molecular flexibility index (Phi) is 3.98. The molecular weight excluding hydrogens is 222 g/mol. The second-order valence-corrected chi connectivity index (χ2v) is 3.63. The van der Waals surface area contributed by atoms with Crippen LogP contribution in [0, 0.1) is 17.0 Å². The largest absolute Gasteiger partial charge is 0.478 e. The minimum absolute atomic E-state index is 0.00743. The lowest BCUT2D eigenvalue weighted by Gasteiger charge is -2.02. The van der Waals surface area contributed by atoms with Crippen molar-refractivity contribution >= 4 is 17.7 Å². The molecule has 0 aliphatic heterocycles. The minimum atomic E-state index is -0.967. The molecule has 1 rings (SSSR count). The number of non-ortho nitro benzene ring substituents is 1. The highest BCUT2D eigenvalue weighted by molar-refractivity contribution is 5.92. The Morgan fingerprint density at radius 1 is 1.53 bits per heavy atom. The monoisotopic (exact) mass is 235 g/mol. The molecule has 0 heterocycles. The third kappa shape index (κ3) is 3.14. The van der Waals surface area contributed by atoms with E-state index in [0.29, 0.717) is 17.5 Å². The molecule has 0 aliphatic rings. The van der Waals surface area contributed by atoms with Crippen LogP contribution in [0.15, 0.2) is 23.8 Å². The molecule has 1 N–H and O–H groups in total. The summed E-state index contributed by atoms with van der Waals surface area (Å²) in [7, 11) is 0. The molecule has 0 amide bonds.